The van der Waals surface area contributed by atoms with E-state index in [1.807, 2.05) is 11.8 Å². The third-order valence-electron chi connectivity index (χ3n) is 3.55. The number of thiazole rings is 1. The average Bonchev–Trinajstić information content (AvgIpc) is 3.19. The lowest BCUT2D eigenvalue weighted by Crippen LogP contribution is -2.27. The van der Waals surface area contributed by atoms with Crippen molar-refractivity contribution in [3.8, 4) is 6.07 Å². The summed E-state index contributed by atoms with van der Waals surface area (Å²) in [5, 5.41) is 21.1. The Morgan fingerprint density at radius 1 is 1.57 bits per heavy atom. The van der Waals surface area contributed by atoms with E-state index >= 15 is 0 Å². The molecule has 0 amide bonds. The van der Waals surface area contributed by atoms with Gasteiger partial charge in [-0.1, -0.05) is 0 Å². The highest BCUT2D eigenvalue weighted by molar-refractivity contribution is 7.18. The lowest BCUT2D eigenvalue weighted by Gasteiger charge is -2.23. The maximum Gasteiger partial charge on any atom is 0.294 e. The van der Waals surface area contributed by atoms with Crippen LogP contribution in [0.15, 0.2) is 12.1 Å². The van der Waals surface area contributed by atoms with Crippen molar-refractivity contribution in [2.75, 3.05) is 11.4 Å². The molecule has 7 heteroatoms. The molecule has 0 radical (unpaired) electrons. The molecule has 21 heavy (non-hydrogen) atoms. The Morgan fingerprint density at radius 2 is 2.33 bits per heavy atom. The van der Waals surface area contributed by atoms with Crippen molar-refractivity contribution in [2.45, 2.75) is 32.2 Å². The molecule has 1 aliphatic carbocycles. The van der Waals surface area contributed by atoms with Crippen LogP contribution in [0.25, 0.3) is 10.2 Å². The number of aromatic nitrogens is 1. The van der Waals surface area contributed by atoms with Crippen LogP contribution in [0.3, 0.4) is 0 Å². The largest absolute Gasteiger partial charge is 0.362 e. The van der Waals surface area contributed by atoms with Crippen molar-refractivity contribution in [1.82, 2.24) is 4.98 Å². The maximum absolute atomic E-state index is 11.4. The number of aryl methyl sites for hydroxylation is 1. The van der Waals surface area contributed by atoms with Crippen LogP contribution >= 0.6 is 11.3 Å². The number of nitriles is 1. The normalized spacial score (nSPS) is 14.1. The summed E-state index contributed by atoms with van der Waals surface area (Å²) in [5.41, 5.74) is 1.49. The number of nitrogens with zero attached hydrogens (tertiary/aromatic N) is 4. The van der Waals surface area contributed by atoms with Crippen molar-refractivity contribution in [1.29, 1.82) is 5.26 Å². The molecule has 0 spiro atoms. The van der Waals surface area contributed by atoms with Gasteiger partial charge in [0.15, 0.2) is 0 Å². The fraction of sp³-hybridized carbons (Fsp3) is 0.429. The van der Waals surface area contributed by atoms with E-state index in [4.69, 9.17) is 5.26 Å². The first kappa shape index (κ1) is 13.8. The van der Waals surface area contributed by atoms with E-state index in [0.717, 1.165) is 28.1 Å². The van der Waals surface area contributed by atoms with Crippen LogP contribution in [0.5, 0.6) is 0 Å². The predicted molar refractivity (Wildman–Crippen MR) is 81.6 cm³/mol. The van der Waals surface area contributed by atoms with Crippen LogP contribution in [0.2, 0.25) is 0 Å². The summed E-state index contributed by atoms with van der Waals surface area (Å²) in [6.07, 6.45) is 2.41. The van der Waals surface area contributed by atoms with Gasteiger partial charge in [0.25, 0.3) is 5.69 Å². The summed E-state index contributed by atoms with van der Waals surface area (Å²) in [5.74, 6) is 0. The molecule has 1 saturated carbocycles. The number of hydrogen-bond acceptors (Lipinski definition) is 6. The Morgan fingerprint density at radius 3 is 2.95 bits per heavy atom. The van der Waals surface area contributed by atoms with Gasteiger partial charge < -0.3 is 4.90 Å². The van der Waals surface area contributed by atoms with Crippen LogP contribution in [0, 0.1) is 28.4 Å². The second kappa shape index (κ2) is 5.30. The van der Waals surface area contributed by atoms with Crippen LogP contribution in [0.4, 0.5) is 11.4 Å². The second-order valence-electron chi connectivity index (χ2n) is 5.13. The number of rotatable bonds is 5. The van der Waals surface area contributed by atoms with Crippen molar-refractivity contribution in [2.24, 2.45) is 0 Å². The van der Waals surface area contributed by atoms with Crippen LogP contribution in [0.1, 0.15) is 24.3 Å². The number of fused-ring (bicyclic) bond motifs is 1. The van der Waals surface area contributed by atoms with Gasteiger partial charge in [-0.25, -0.2) is 4.98 Å². The maximum atomic E-state index is 11.4. The van der Waals surface area contributed by atoms with Gasteiger partial charge in [0, 0.05) is 18.7 Å². The molecule has 1 aromatic heterocycles. The summed E-state index contributed by atoms with van der Waals surface area (Å²) in [7, 11) is 0. The lowest BCUT2D eigenvalue weighted by atomic mass is 10.2. The zero-order valence-electron chi connectivity index (χ0n) is 11.6. The number of hydrogen-bond donors (Lipinski definition) is 0. The summed E-state index contributed by atoms with van der Waals surface area (Å²) >= 11 is 1.46. The number of nitro groups is 1. The molecule has 0 aliphatic heterocycles. The van der Waals surface area contributed by atoms with Crippen molar-refractivity contribution < 1.29 is 4.92 Å². The van der Waals surface area contributed by atoms with Gasteiger partial charge in [0.2, 0.25) is 0 Å². The van der Waals surface area contributed by atoms with E-state index in [9.17, 15) is 10.1 Å². The molecule has 0 bridgehead atoms. The fourth-order valence-corrected chi connectivity index (χ4v) is 3.34. The van der Waals surface area contributed by atoms with Crippen LogP contribution < -0.4 is 4.90 Å². The number of benzene rings is 1. The Labute approximate surface area is 125 Å². The van der Waals surface area contributed by atoms with E-state index in [-0.39, 0.29) is 10.6 Å². The molecule has 108 valence electrons. The Kier molecular flexibility index (Phi) is 3.47. The van der Waals surface area contributed by atoms with Gasteiger partial charge in [0.05, 0.1) is 32.6 Å². The van der Waals surface area contributed by atoms with E-state index in [1.165, 1.54) is 11.3 Å². The summed E-state index contributed by atoms with van der Waals surface area (Å²) in [6, 6.07) is 5.84. The van der Waals surface area contributed by atoms with Gasteiger partial charge in [-0.05, 0) is 25.8 Å². The number of nitro benzene ring substituents is 1. The van der Waals surface area contributed by atoms with E-state index < -0.39 is 0 Å². The highest BCUT2D eigenvalue weighted by Gasteiger charge is 2.33. The minimum absolute atomic E-state index is 0.107. The quantitative estimate of drug-likeness (QED) is 0.624. The standard InChI is InChI=1S/C14H14N4O2S/c1-9-16-11-7-12(13(18(19)20)8-14(11)21-9)17(6-2-5-15)10-3-4-10/h7-8,10H,2-4,6H2,1H3. The summed E-state index contributed by atoms with van der Waals surface area (Å²) in [4.78, 5) is 17.5. The monoisotopic (exact) mass is 302 g/mol. The van der Waals surface area contributed by atoms with Crippen molar-refractivity contribution in [3.63, 3.8) is 0 Å². The third kappa shape index (κ3) is 2.67. The SMILES string of the molecule is Cc1nc2cc(N(CCC#N)C3CC3)c([N+](=O)[O-])cc2s1. The topological polar surface area (TPSA) is 83.1 Å². The van der Waals surface area contributed by atoms with Gasteiger partial charge in [-0.15, -0.1) is 11.3 Å². The zero-order chi connectivity index (χ0) is 15.0. The zero-order valence-corrected chi connectivity index (χ0v) is 12.4. The minimum atomic E-state index is -0.342. The minimum Gasteiger partial charge on any atom is -0.362 e. The van der Waals surface area contributed by atoms with Crippen molar-refractivity contribution in [3.05, 3.63) is 27.3 Å². The molecule has 2 aromatic rings. The lowest BCUT2D eigenvalue weighted by molar-refractivity contribution is -0.384. The van der Waals surface area contributed by atoms with Gasteiger partial charge in [-0.2, -0.15) is 5.26 Å². The highest BCUT2D eigenvalue weighted by Crippen LogP contribution is 2.40. The first-order valence-corrected chi connectivity index (χ1v) is 7.61. The molecule has 1 heterocycles. The smallest absolute Gasteiger partial charge is 0.294 e. The fourth-order valence-electron chi connectivity index (χ4n) is 2.50. The molecule has 1 aromatic carbocycles. The first-order valence-electron chi connectivity index (χ1n) is 6.79. The Balaban J connectivity index is 2.11. The van der Waals surface area contributed by atoms with Crippen molar-refractivity contribution >= 4 is 32.9 Å². The second-order valence-corrected chi connectivity index (χ2v) is 6.37. The molecule has 6 nitrogen and oxygen atoms in total. The molecular formula is C14H14N4O2S. The van der Waals surface area contributed by atoms with E-state index in [0.29, 0.717) is 24.7 Å². The van der Waals surface area contributed by atoms with Gasteiger partial charge in [0.1, 0.15) is 5.69 Å². The molecule has 0 saturated heterocycles. The third-order valence-corrected chi connectivity index (χ3v) is 4.48. The Bertz CT molecular complexity index is 745. The molecular weight excluding hydrogens is 288 g/mol. The van der Waals surface area contributed by atoms with Crippen LogP contribution in [-0.2, 0) is 0 Å². The van der Waals surface area contributed by atoms with E-state index in [1.54, 1.807) is 12.1 Å². The molecule has 0 atom stereocenters. The first-order chi connectivity index (χ1) is 10.1. The molecule has 3 rings (SSSR count). The van der Waals surface area contributed by atoms with Gasteiger partial charge in [-0.3, -0.25) is 10.1 Å². The van der Waals surface area contributed by atoms with Gasteiger partial charge >= 0.3 is 0 Å². The highest BCUT2D eigenvalue weighted by atomic mass is 32.1. The molecule has 0 N–H and O–H groups in total. The molecule has 1 fully saturated rings. The summed E-state index contributed by atoms with van der Waals surface area (Å²) in [6.45, 7) is 2.42. The Hall–Kier alpha value is -2.20. The number of anilines is 1. The predicted octanol–water partition coefficient (Wildman–Crippen LogP) is 3.40. The van der Waals surface area contributed by atoms with E-state index in [2.05, 4.69) is 11.1 Å². The summed E-state index contributed by atoms with van der Waals surface area (Å²) < 4.78 is 0.832. The average molecular weight is 302 g/mol. The van der Waals surface area contributed by atoms with Crippen LogP contribution in [-0.4, -0.2) is 22.5 Å². The molecule has 1 aliphatic rings. The molecule has 0 unspecified atom stereocenters.